The zero-order valence-corrected chi connectivity index (χ0v) is 16.9. The Kier molecular flexibility index (Phi) is 5.89. The number of rotatable bonds is 6. The number of nitrogen functional groups attached to an aromatic ring is 1. The van der Waals surface area contributed by atoms with Crippen LogP contribution in [-0.2, 0) is 6.42 Å². The first-order valence-corrected chi connectivity index (χ1v) is 9.18. The van der Waals surface area contributed by atoms with Gasteiger partial charge in [0.2, 0.25) is 5.75 Å². The molecule has 0 unspecified atom stereocenters. The van der Waals surface area contributed by atoms with Crippen molar-refractivity contribution in [1.29, 1.82) is 5.26 Å². The number of methoxy groups -OCH3 is 3. The molecule has 0 bridgehead atoms. The molecular weight excluding hydrogens is 366 g/mol. The molecule has 0 spiro atoms. The van der Waals surface area contributed by atoms with Gasteiger partial charge in [-0.1, -0.05) is 37.3 Å². The molecule has 2 aromatic carbocycles. The Balaban J connectivity index is 2.44. The van der Waals surface area contributed by atoms with Crippen LogP contribution < -0.4 is 19.9 Å². The van der Waals surface area contributed by atoms with Crippen molar-refractivity contribution in [1.82, 2.24) is 4.98 Å². The molecule has 0 amide bonds. The summed E-state index contributed by atoms with van der Waals surface area (Å²) in [5.41, 5.74) is 10.5. The van der Waals surface area contributed by atoms with Crippen molar-refractivity contribution in [3.63, 3.8) is 0 Å². The lowest BCUT2D eigenvalue weighted by atomic mass is 9.90. The molecule has 148 valence electrons. The fourth-order valence-electron chi connectivity index (χ4n) is 3.53. The second-order valence-electron chi connectivity index (χ2n) is 6.29. The van der Waals surface area contributed by atoms with Crippen molar-refractivity contribution in [2.24, 2.45) is 0 Å². The minimum Gasteiger partial charge on any atom is -0.493 e. The van der Waals surface area contributed by atoms with Gasteiger partial charge in [0, 0.05) is 16.7 Å². The molecule has 6 nitrogen and oxygen atoms in total. The number of aromatic nitrogens is 1. The first kappa shape index (κ1) is 20.0. The molecular formula is C23H23N3O3. The van der Waals surface area contributed by atoms with E-state index >= 15 is 0 Å². The van der Waals surface area contributed by atoms with E-state index in [0.29, 0.717) is 40.4 Å². The summed E-state index contributed by atoms with van der Waals surface area (Å²) in [5.74, 6) is 1.64. The van der Waals surface area contributed by atoms with Crippen LogP contribution in [0, 0.1) is 11.3 Å². The van der Waals surface area contributed by atoms with Crippen LogP contribution in [0.3, 0.4) is 0 Å². The van der Waals surface area contributed by atoms with E-state index in [1.54, 1.807) is 27.4 Å². The topological polar surface area (TPSA) is 90.4 Å². The van der Waals surface area contributed by atoms with E-state index in [1.807, 2.05) is 43.3 Å². The summed E-state index contributed by atoms with van der Waals surface area (Å²) in [6.07, 6.45) is 0.652. The number of ether oxygens (including phenoxy) is 3. The highest BCUT2D eigenvalue weighted by Gasteiger charge is 2.25. The summed E-state index contributed by atoms with van der Waals surface area (Å²) in [6, 6.07) is 15.6. The SMILES string of the molecule is CCc1c(-c2ccccc2)nc(N)c(C#N)c1-c1ccc(OC)c(OC)c1OC. The Morgan fingerprint density at radius 1 is 0.966 bits per heavy atom. The van der Waals surface area contributed by atoms with Crippen molar-refractivity contribution in [3.05, 3.63) is 53.6 Å². The predicted molar refractivity (Wildman–Crippen MR) is 113 cm³/mol. The van der Waals surface area contributed by atoms with Gasteiger partial charge < -0.3 is 19.9 Å². The number of nitrogens with two attached hydrogens (primary N) is 1. The minimum atomic E-state index is 0.176. The molecule has 0 aliphatic carbocycles. The maximum absolute atomic E-state index is 9.87. The van der Waals surface area contributed by atoms with Crippen molar-refractivity contribution < 1.29 is 14.2 Å². The molecule has 0 fully saturated rings. The number of benzene rings is 2. The summed E-state index contributed by atoms with van der Waals surface area (Å²) < 4.78 is 16.6. The van der Waals surface area contributed by atoms with Crippen LogP contribution in [-0.4, -0.2) is 26.3 Å². The van der Waals surface area contributed by atoms with Crippen LogP contribution in [0.25, 0.3) is 22.4 Å². The molecule has 0 aliphatic rings. The van der Waals surface area contributed by atoms with Crippen LogP contribution in [0.1, 0.15) is 18.1 Å². The van der Waals surface area contributed by atoms with Gasteiger partial charge in [0.1, 0.15) is 17.5 Å². The third kappa shape index (κ3) is 3.43. The molecule has 0 saturated carbocycles. The Labute approximate surface area is 170 Å². The highest BCUT2D eigenvalue weighted by atomic mass is 16.5. The van der Waals surface area contributed by atoms with Crippen LogP contribution in [0.5, 0.6) is 17.2 Å². The van der Waals surface area contributed by atoms with E-state index in [0.717, 1.165) is 16.8 Å². The van der Waals surface area contributed by atoms with E-state index in [9.17, 15) is 5.26 Å². The molecule has 0 radical (unpaired) electrons. The molecule has 0 aliphatic heterocycles. The lowest BCUT2D eigenvalue weighted by molar-refractivity contribution is 0.325. The number of anilines is 1. The van der Waals surface area contributed by atoms with Crippen LogP contribution in [0.15, 0.2) is 42.5 Å². The fourth-order valence-corrected chi connectivity index (χ4v) is 3.53. The van der Waals surface area contributed by atoms with Gasteiger partial charge in [0.25, 0.3) is 0 Å². The third-order valence-electron chi connectivity index (χ3n) is 4.81. The Morgan fingerprint density at radius 3 is 2.21 bits per heavy atom. The van der Waals surface area contributed by atoms with E-state index < -0.39 is 0 Å². The normalized spacial score (nSPS) is 10.3. The van der Waals surface area contributed by atoms with E-state index in [4.69, 9.17) is 19.9 Å². The third-order valence-corrected chi connectivity index (χ3v) is 4.81. The molecule has 1 aromatic heterocycles. The zero-order valence-electron chi connectivity index (χ0n) is 16.9. The van der Waals surface area contributed by atoms with Gasteiger partial charge >= 0.3 is 0 Å². The second-order valence-corrected chi connectivity index (χ2v) is 6.29. The van der Waals surface area contributed by atoms with Crippen LogP contribution in [0.2, 0.25) is 0 Å². The van der Waals surface area contributed by atoms with Gasteiger partial charge in [0.15, 0.2) is 11.5 Å². The molecule has 0 atom stereocenters. The minimum absolute atomic E-state index is 0.176. The lowest BCUT2D eigenvalue weighted by Gasteiger charge is -2.20. The number of pyridine rings is 1. The number of hydrogen-bond donors (Lipinski definition) is 1. The highest BCUT2D eigenvalue weighted by molar-refractivity contribution is 5.88. The lowest BCUT2D eigenvalue weighted by Crippen LogP contribution is -2.06. The first-order chi connectivity index (χ1) is 14.1. The van der Waals surface area contributed by atoms with Crippen molar-refractivity contribution in [3.8, 4) is 45.7 Å². The Morgan fingerprint density at radius 2 is 1.66 bits per heavy atom. The smallest absolute Gasteiger partial charge is 0.203 e. The maximum atomic E-state index is 9.87. The fraction of sp³-hybridized carbons (Fsp3) is 0.217. The van der Waals surface area contributed by atoms with Gasteiger partial charge in [-0.05, 0) is 24.1 Å². The van der Waals surface area contributed by atoms with E-state index in [-0.39, 0.29) is 5.82 Å². The van der Waals surface area contributed by atoms with Gasteiger partial charge in [-0.2, -0.15) is 5.26 Å². The van der Waals surface area contributed by atoms with Gasteiger partial charge in [-0.15, -0.1) is 0 Å². The molecule has 0 saturated heterocycles. The molecule has 3 rings (SSSR count). The average molecular weight is 389 g/mol. The molecule has 2 N–H and O–H groups in total. The first-order valence-electron chi connectivity index (χ1n) is 9.18. The standard InChI is InChI=1S/C23H23N3O3/c1-5-15-19(16-11-12-18(27-2)22(29-4)21(16)28-3)17(13-24)23(25)26-20(15)14-9-7-6-8-10-14/h6-12H,5H2,1-4H3,(H2,25,26). The average Bonchev–Trinajstić information content (AvgIpc) is 2.77. The summed E-state index contributed by atoms with van der Waals surface area (Å²) in [7, 11) is 4.67. The Hall–Kier alpha value is -3.72. The van der Waals surface area contributed by atoms with Crippen molar-refractivity contribution in [2.75, 3.05) is 27.1 Å². The van der Waals surface area contributed by atoms with E-state index in [2.05, 4.69) is 11.1 Å². The molecule has 29 heavy (non-hydrogen) atoms. The van der Waals surface area contributed by atoms with E-state index in [1.165, 1.54) is 0 Å². The highest BCUT2D eigenvalue weighted by Crippen LogP contribution is 2.47. The van der Waals surface area contributed by atoms with Gasteiger partial charge in [-0.25, -0.2) is 4.98 Å². The quantitative estimate of drug-likeness (QED) is 0.669. The Bertz CT molecular complexity index is 1070. The van der Waals surface area contributed by atoms with Crippen molar-refractivity contribution >= 4 is 5.82 Å². The molecule has 6 heteroatoms. The van der Waals surface area contributed by atoms with Crippen molar-refractivity contribution in [2.45, 2.75) is 13.3 Å². The zero-order chi connectivity index (χ0) is 21.0. The number of nitrogens with zero attached hydrogens (tertiary/aromatic N) is 2. The molecule has 1 heterocycles. The van der Waals surface area contributed by atoms with Gasteiger partial charge in [-0.3, -0.25) is 0 Å². The molecule has 3 aromatic rings. The monoisotopic (exact) mass is 389 g/mol. The summed E-state index contributed by atoms with van der Waals surface area (Å²) in [4.78, 5) is 4.56. The summed E-state index contributed by atoms with van der Waals surface area (Å²) >= 11 is 0. The summed E-state index contributed by atoms with van der Waals surface area (Å²) in [5, 5.41) is 9.87. The second kappa shape index (κ2) is 8.53. The van der Waals surface area contributed by atoms with Crippen LogP contribution >= 0.6 is 0 Å². The largest absolute Gasteiger partial charge is 0.493 e. The predicted octanol–water partition coefficient (Wildman–Crippen LogP) is 4.46. The summed E-state index contributed by atoms with van der Waals surface area (Å²) in [6.45, 7) is 2.03. The van der Waals surface area contributed by atoms with Gasteiger partial charge in [0.05, 0.1) is 27.0 Å². The number of hydrogen-bond acceptors (Lipinski definition) is 6. The van der Waals surface area contributed by atoms with Crippen LogP contribution in [0.4, 0.5) is 5.82 Å². The number of nitriles is 1. The maximum Gasteiger partial charge on any atom is 0.203 e.